The first-order chi connectivity index (χ1) is 6.69. The van der Waals surface area contributed by atoms with Crippen molar-refractivity contribution in [1.29, 1.82) is 0 Å². The summed E-state index contributed by atoms with van der Waals surface area (Å²) in [6.07, 6.45) is 2.75. The monoisotopic (exact) mass is 229 g/mol. The van der Waals surface area contributed by atoms with Crippen molar-refractivity contribution in [3.63, 3.8) is 0 Å². The lowest BCUT2D eigenvalue weighted by Crippen LogP contribution is -2.15. The van der Waals surface area contributed by atoms with Crippen molar-refractivity contribution >= 4 is 23.2 Å². The Hall–Kier alpha value is -0.500. The van der Waals surface area contributed by atoms with Crippen molar-refractivity contribution in [1.82, 2.24) is 5.32 Å². The summed E-state index contributed by atoms with van der Waals surface area (Å²) in [6.45, 7) is 3.71. The highest BCUT2D eigenvalue weighted by Gasteiger charge is 2.08. The van der Waals surface area contributed by atoms with Crippen molar-refractivity contribution in [2.24, 2.45) is 0 Å². The lowest BCUT2D eigenvalue weighted by atomic mass is 10.0. The van der Waals surface area contributed by atoms with Gasteiger partial charge in [0.2, 0.25) is 0 Å². The van der Waals surface area contributed by atoms with E-state index >= 15 is 0 Å². The first-order valence-electron chi connectivity index (χ1n) is 4.42. The maximum absolute atomic E-state index is 5.93. The van der Waals surface area contributed by atoms with Gasteiger partial charge in [-0.2, -0.15) is 0 Å². The van der Waals surface area contributed by atoms with Gasteiger partial charge in [-0.3, -0.25) is 0 Å². The SMILES string of the molecule is C=CCC(NC)c1ccc(Cl)c(Cl)c1. The second-order valence-corrected chi connectivity index (χ2v) is 3.85. The van der Waals surface area contributed by atoms with Gasteiger partial charge in [0.05, 0.1) is 10.0 Å². The molecule has 1 rings (SSSR count). The maximum atomic E-state index is 5.93. The Morgan fingerprint density at radius 3 is 2.64 bits per heavy atom. The van der Waals surface area contributed by atoms with Crippen molar-refractivity contribution in [3.8, 4) is 0 Å². The van der Waals surface area contributed by atoms with Gasteiger partial charge in [-0.1, -0.05) is 35.3 Å². The number of rotatable bonds is 4. The van der Waals surface area contributed by atoms with E-state index in [1.807, 2.05) is 31.3 Å². The van der Waals surface area contributed by atoms with Gasteiger partial charge in [-0.05, 0) is 31.2 Å². The molecule has 0 bridgehead atoms. The van der Waals surface area contributed by atoms with E-state index in [-0.39, 0.29) is 6.04 Å². The van der Waals surface area contributed by atoms with Gasteiger partial charge in [0.15, 0.2) is 0 Å². The van der Waals surface area contributed by atoms with Crippen LogP contribution >= 0.6 is 23.2 Å². The average molecular weight is 230 g/mol. The zero-order chi connectivity index (χ0) is 10.6. The van der Waals surface area contributed by atoms with Crippen LogP contribution in [0.4, 0.5) is 0 Å². The van der Waals surface area contributed by atoms with E-state index < -0.39 is 0 Å². The van der Waals surface area contributed by atoms with Crippen LogP contribution in [0, 0.1) is 0 Å². The van der Waals surface area contributed by atoms with E-state index in [2.05, 4.69) is 11.9 Å². The summed E-state index contributed by atoms with van der Waals surface area (Å²) in [4.78, 5) is 0. The first-order valence-corrected chi connectivity index (χ1v) is 5.17. The minimum absolute atomic E-state index is 0.252. The lowest BCUT2D eigenvalue weighted by Gasteiger charge is -2.14. The molecule has 1 atom stereocenters. The van der Waals surface area contributed by atoms with Gasteiger partial charge in [0.25, 0.3) is 0 Å². The highest BCUT2D eigenvalue weighted by molar-refractivity contribution is 6.42. The lowest BCUT2D eigenvalue weighted by molar-refractivity contribution is 0.604. The van der Waals surface area contributed by atoms with Gasteiger partial charge < -0.3 is 5.32 Å². The van der Waals surface area contributed by atoms with Crippen LogP contribution in [-0.2, 0) is 0 Å². The molecule has 14 heavy (non-hydrogen) atoms. The summed E-state index contributed by atoms with van der Waals surface area (Å²) < 4.78 is 0. The molecule has 0 fully saturated rings. The zero-order valence-electron chi connectivity index (χ0n) is 8.06. The Kier molecular flexibility index (Phi) is 4.46. The molecule has 1 N–H and O–H groups in total. The summed E-state index contributed by atoms with van der Waals surface area (Å²) in [5.74, 6) is 0. The maximum Gasteiger partial charge on any atom is 0.0595 e. The molecular weight excluding hydrogens is 217 g/mol. The molecule has 0 saturated heterocycles. The smallest absolute Gasteiger partial charge is 0.0595 e. The number of hydrogen-bond donors (Lipinski definition) is 1. The Morgan fingerprint density at radius 1 is 1.43 bits per heavy atom. The molecule has 0 aromatic heterocycles. The molecule has 1 unspecified atom stereocenters. The molecule has 0 aliphatic rings. The van der Waals surface area contributed by atoms with E-state index in [1.54, 1.807) is 0 Å². The molecule has 0 heterocycles. The van der Waals surface area contributed by atoms with Crippen LogP contribution < -0.4 is 5.32 Å². The number of nitrogens with one attached hydrogen (secondary N) is 1. The third-order valence-electron chi connectivity index (χ3n) is 2.10. The van der Waals surface area contributed by atoms with Crippen LogP contribution in [-0.4, -0.2) is 7.05 Å². The summed E-state index contributed by atoms with van der Waals surface area (Å²) in [6, 6.07) is 5.92. The molecule has 0 amide bonds. The Balaban J connectivity index is 2.93. The fraction of sp³-hybridized carbons (Fsp3) is 0.273. The van der Waals surface area contributed by atoms with Crippen LogP contribution in [0.1, 0.15) is 18.0 Å². The molecule has 1 aromatic rings. The largest absolute Gasteiger partial charge is 0.313 e. The highest BCUT2D eigenvalue weighted by Crippen LogP contribution is 2.26. The summed E-state index contributed by atoms with van der Waals surface area (Å²) in [5, 5.41) is 4.37. The Bertz CT molecular complexity index is 323. The molecule has 3 heteroatoms. The third-order valence-corrected chi connectivity index (χ3v) is 2.84. The Morgan fingerprint density at radius 2 is 2.14 bits per heavy atom. The van der Waals surface area contributed by atoms with E-state index in [9.17, 15) is 0 Å². The van der Waals surface area contributed by atoms with E-state index in [0.717, 1.165) is 12.0 Å². The van der Waals surface area contributed by atoms with Gasteiger partial charge in [-0.15, -0.1) is 6.58 Å². The minimum atomic E-state index is 0.252. The second-order valence-electron chi connectivity index (χ2n) is 3.04. The Labute approximate surface area is 94.7 Å². The van der Waals surface area contributed by atoms with Crippen molar-refractivity contribution in [3.05, 3.63) is 46.5 Å². The van der Waals surface area contributed by atoms with Crippen LogP contribution in [0.5, 0.6) is 0 Å². The van der Waals surface area contributed by atoms with E-state index in [1.165, 1.54) is 0 Å². The van der Waals surface area contributed by atoms with Crippen molar-refractivity contribution in [2.75, 3.05) is 7.05 Å². The third kappa shape index (κ3) is 2.74. The molecule has 0 spiro atoms. The number of benzene rings is 1. The van der Waals surface area contributed by atoms with Crippen molar-refractivity contribution in [2.45, 2.75) is 12.5 Å². The molecule has 0 saturated carbocycles. The predicted octanol–water partition coefficient (Wildman–Crippen LogP) is 3.83. The van der Waals surface area contributed by atoms with Gasteiger partial charge >= 0.3 is 0 Å². The summed E-state index contributed by atoms with van der Waals surface area (Å²) in [7, 11) is 1.91. The normalized spacial score (nSPS) is 12.5. The highest BCUT2D eigenvalue weighted by atomic mass is 35.5. The van der Waals surface area contributed by atoms with Gasteiger partial charge in [-0.25, -0.2) is 0 Å². The molecule has 0 aliphatic heterocycles. The first kappa shape index (κ1) is 11.6. The standard InChI is InChI=1S/C11H13Cl2N/c1-3-4-11(14-2)8-5-6-9(12)10(13)7-8/h3,5-7,11,14H,1,4H2,2H3. The fourth-order valence-corrected chi connectivity index (χ4v) is 1.62. The minimum Gasteiger partial charge on any atom is -0.313 e. The van der Waals surface area contributed by atoms with Crippen LogP contribution in [0.2, 0.25) is 10.0 Å². The van der Waals surface area contributed by atoms with E-state index in [0.29, 0.717) is 10.0 Å². The topological polar surface area (TPSA) is 12.0 Å². The molecule has 76 valence electrons. The van der Waals surface area contributed by atoms with Crippen LogP contribution in [0.3, 0.4) is 0 Å². The number of hydrogen-bond acceptors (Lipinski definition) is 1. The summed E-state index contributed by atoms with van der Waals surface area (Å²) in [5.41, 5.74) is 1.13. The van der Waals surface area contributed by atoms with Crippen molar-refractivity contribution < 1.29 is 0 Å². The van der Waals surface area contributed by atoms with Crippen LogP contribution in [0.25, 0.3) is 0 Å². The molecule has 0 radical (unpaired) electrons. The van der Waals surface area contributed by atoms with Gasteiger partial charge in [0.1, 0.15) is 0 Å². The molecule has 1 aromatic carbocycles. The second kappa shape index (κ2) is 5.40. The average Bonchev–Trinajstić information content (AvgIpc) is 2.19. The molecule has 1 nitrogen and oxygen atoms in total. The quantitative estimate of drug-likeness (QED) is 0.775. The summed E-state index contributed by atoms with van der Waals surface area (Å²) >= 11 is 11.8. The zero-order valence-corrected chi connectivity index (χ0v) is 9.57. The van der Waals surface area contributed by atoms with Gasteiger partial charge in [0, 0.05) is 6.04 Å². The fourth-order valence-electron chi connectivity index (χ4n) is 1.32. The van der Waals surface area contributed by atoms with Crippen LogP contribution in [0.15, 0.2) is 30.9 Å². The molecular formula is C11H13Cl2N. The molecule has 0 aliphatic carbocycles. The number of halogens is 2. The predicted molar refractivity (Wildman–Crippen MR) is 63.1 cm³/mol. The van der Waals surface area contributed by atoms with E-state index in [4.69, 9.17) is 23.2 Å².